The van der Waals surface area contributed by atoms with Crippen LogP contribution in [0, 0.1) is 6.92 Å². The van der Waals surface area contributed by atoms with Gasteiger partial charge in [-0.15, -0.1) is 9.24 Å². The zero-order chi connectivity index (χ0) is 6.85. The second-order valence-corrected chi connectivity index (χ2v) is 2.63. The fraction of sp³-hybridized carbons (Fsp3) is 0.167. The van der Waals surface area contributed by atoms with Crippen LogP contribution in [0.2, 0.25) is 0 Å². The minimum absolute atomic E-state index is 0.583. The van der Waals surface area contributed by atoms with Gasteiger partial charge in [0.15, 0.2) is 0 Å². The SMILES string of the molecule is Cc1cc(P)cc(N)n1. The monoisotopic (exact) mass is 140 g/mol. The van der Waals surface area contributed by atoms with E-state index in [-0.39, 0.29) is 0 Å². The zero-order valence-corrected chi connectivity index (χ0v) is 6.41. The predicted molar refractivity (Wildman–Crippen MR) is 42.7 cm³/mol. The van der Waals surface area contributed by atoms with Crippen molar-refractivity contribution >= 4 is 20.4 Å². The van der Waals surface area contributed by atoms with Crippen molar-refractivity contribution in [2.45, 2.75) is 6.92 Å². The number of rotatable bonds is 0. The number of nitrogens with two attached hydrogens (primary N) is 1. The van der Waals surface area contributed by atoms with E-state index < -0.39 is 0 Å². The van der Waals surface area contributed by atoms with Gasteiger partial charge >= 0.3 is 0 Å². The molecule has 9 heavy (non-hydrogen) atoms. The minimum Gasteiger partial charge on any atom is -0.384 e. The Morgan fingerprint density at radius 2 is 2.22 bits per heavy atom. The van der Waals surface area contributed by atoms with Crippen LogP contribution >= 0.6 is 9.24 Å². The highest BCUT2D eigenvalue weighted by atomic mass is 31.0. The first kappa shape index (κ1) is 6.50. The molecule has 1 atom stereocenters. The summed E-state index contributed by atoms with van der Waals surface area (Å²) in [5.41, 5.74) is 6.39. The Bertz CT molecular complexity index is 172. The molecular formula is C6H9N2P. The number of hydrogen-bond donors (Lipinski definition) is 1. The third-order valence-electron chi connectivity index (χ3n) is 0.996. The van der Waals surface area contributed by atoms with E-state index in [1.165, 1.54) is 0 Å². The van der Waals surface area contributed by atoms with E-state index in [2.05, 4.69) is 14.2 Å². The summed E-state index contributed by atoms with van der Waals surface area (Å²) in [4.78, 5) is 4.00. The molecule has 0 aliphatic heterocycles. The summed E-state index contributed by atoms with van der Waals surface area (Å²) in [5, 5.41) is 1.08. The molecular weight excluding hydrogens is 131 g/mol. The number of aromatic nitrogens is 1. The van der Waals surface area contributed by atoms with Crippen LogP contribution in [0.1, 0.15) is 5.69 Å². The molecule has 0 fully saturated rings. The van der Waals surface area contributed by atoms with Crippen LogP contribution in [0.3, 0.4) is 0 Å². The zero-order valence-electron chi connectivity index (χ0n) is 5.26. The van der Waals surface area contributed by atoms with Gasteiger partial charge in [-0.2, -0.15) is 0 Å². The maximum atomic E-state index is 5.44. The van der Waals surface area contributed by atoms with Crippen molar-refractivity contribution in [3.63, 3.8) is 0 Å². The average molecular weight is 140 g/mol. The summed E-state index contributed by atoms with van der Waals surface area (Å²) in [6.07, 6.45) is 0. The highest BCUT2D eigenvalue weighted by Crippen LogP contribution is 1.98. The largest absolute Gasteiger partial charge is 0.384 e. The summed E-state index contributed by atoms with van der Waals surface area (Å²) in [7, 11) is 2.58. The van der Waals surface area contributed by atoms with Crippen LogP contribution in [0.4, 0.5) is 5.82 Å². The summed E-state index contributed by atoms with van der Waals surface area (Å²) in [5.74, 6) is 0.583. The molecule has 0 amide bonds. The smallest absolute Gasteiger partial charge is 0.124 e. The van der Waals surface area contributed by atoms with Gasteiger partial charge in [-0.05, 0) is 24.4 Å². The van der Waals surface area contributed by atoms with Crippen molar-refractivity contribution in [1.82, 2.24) is 4.98 Å². The van der Waals surface area contributed by atoms with E-state index in [4.69, 9.17) is 5.73 Å². The average Bonchev–Trinajstić information content (AvgIpc) is 1.59. The van der Waals surface area contributed by atoms with E-state index >= 15 is 0 Å². The first-order valence-electron chi connectivity index (χ1n) is 2.68. The Hall–Kier alpha value is -0.620. The third-order valence-corrected chi connectivity index (χ3v) is 1.33. The lowest BCUT2D eigenvalue weighted by molar-refractivity contribution is 1.22. The van der Waals surface area contributed by atoms with Crippen LogP contribution < -0.4 is 11.0 Å². The molecule has 1 rings (SSSR count). The van der Waals surface area contributed by atoms with Gasteiger partial charge in [-0.3, -0.25) is 0 Å². The highest BCUT2D eigenvalue weighted by molar-refractivity contribution is 7.27. The lowest BCUT2D eigenvalue weighted by Gasteiger charge is -1.95. The Morgan fingerprint density at radius 1 is 1.56 bits per heavy atom. The Kier molecular flexibility index (Phi) is 1.68. The number of aryl methyl sites for hydroxylation is 1. The van der Waals surface area contributed by atoms with Gasteiger partial charge in [0.2, 0.25) is 0 Å². The molecule has 1 heterocycles. The Morgan fingerprint density at radius 3 is 2.67 bits per heavy atom. The van der Waals surface area contributed by atoms with E-state index in [1.807, 2.05) is 19.1 Å². The quantitative estimate of drug-likeness (QED) is 0.532. The van der Waals surface area contributed by atoms with E-state index in [9.17, 15) is 0 Å². The molecule has 0 saturated heterocycles. The summed E-state index contributed by atoms with van der Waals surface area (Å²) in [6, 6.07) is 3.78. The minimum atomic E-state index is 0.583. The van der Waals surface area contributed by atoms with Gasteiger partial charge in [0.25, 0.3) is 0 Å². The number of nitrogen functional groups attached to an aromatic ring is 1. The van der Waals surface area contributed by atoms with Crippen molar-refractivity contribution in [3.05, 3.63) is 17.8 Å². The van der Waals surface area contributed by atoms with Gasteiger partial charge in [0, 0.05) is 5.69 Å². The van der Waals surface area contributed by atoms with Crippen molar-refractivity contribution in [2.24, 2.45) is 0 Å². The molecule has 1 unspecified atom stereocenters. The maximum absolute atomic E-state index is 5.44. The van der Waals surface area contributed by atoms with Crippen LogP contribution in [-0.4, -0.2) is 4.98 Å². The van der Waals surface area contributed by atoms with Gasteiger partial charge in [0.05, 0.1) is 0 Å². The van der Waals surface area contributed by atoms with Crippen LogP contribution in [0.25, 0.3) is 0 Å². The predicted octanol–water partition coefficient (Wildman–Crippen LogP) is 0.473. The van der Waals surface area contributed by atoms with Crippen LogP contribution in [0.15, 0.2) is 12.1 Å². The maximum Gasteiger partial charge on any atom is 0.124 e. The Balaban J connectivity index is 3.17. The standard InChI is InChI=1S/C6H9N2P/c1-4-2-5(9)3-6(7)8-4/h2-3H,9H2,1H3,(H2,7,8). The second kappa shape index (κ2) is 2.32. The lowest BCUT2D eigenvalue weighted by Crippen LogP contribution is -1.99. The fourth-order valence-corrected chi connectivity index (χ4v) is 1.13. The molecule has 0 spiro atoms. The summed E-state index contributed by atoms with van der Waals surface area (Å²) < 4.78 is 0. The topological polar surface area (TPSA) is 38.9 Å². The summed E-state index contributed by atoms with van der Waals surface area (Å²) >= 11 is 0. The normalized spacial score (nSPS) is 9.56. The first-order valence-corrected chi connectivity index (χ1v) is 3.26. The second-order valence-electron chi connectivity index (χ2n) is 1.97. The molecule has 1 aromatic rings. The van der Waals surface area contributed by atoms with E-state index in [0.717, 1.165) is 11.0 Å². The molecule has 0 saturated carbocycles. The van der Waals surface area contributed by atoms with Crippen molar-refractivity contribution in [2.75, 3.05) is 5.73 Å². The molecule has 3 heteroatoms. The van der Waals surface area contributed by atoms with Crippen molar-refractivity contribution in [3.8, 4) is 0 Å². The van der Waals surface area contributed by atoms with Crippen molar-refractivity contribution < 1.29 is 0 Å². The molecule has 0 bridgehead atoms. The molecule has 0 aliphatic carbocycles. The van der Waals surface area contributed by atoms with Crippen LogP contribution in [0.5, 0.6) is 0 Å². The van der Waals surface area contributed by atoms with Crippen LogP contribution in [-0.2, 0) is 0 Å². The van der Waals surface area contributed by atoms with Crippen molar-refractivity contribution in [1.29, 1.82) is 0 Å². The first-order chi connectivity index (χ1) is 4.18. The molecule has 2 N–H and O–H groups in total. The molecule has 1 aromatic heterocycles. The van der Waals surface area contributed by atoms with Gasteiger partial charge in [0.1, 0.15) is 5.82 Å². The number of nitrogens with zero attached hydrogens (tertiary/aromatic N) is 1. The van der Waals surface area contributed by atoms with E-state index in [1.54, 1.807) is 0 Å². The number of hydrogen-bond acceptors (Lipinski definition) is 2. The highest BCUT2D eigenvalue weighted by Gasteiger charge is 1.89. The molecule has 48 valence electrons. The Labute approximate surface area is 56.7 Å². The summed E-state index contributed by atoms with van der Waals surface area (Å²) in [6.45, 7) is 1.92. The van der Waals surface area contributed by atoms with Gasteiger partial charge in [-0.25, -0.2) is 4.98 Å². The molecule has 0 aromatic carbocycles. The molecule has 2 nitrogen and oxygen atoms in total. The van der Waals surface area contributed by atoms with Gasteiger partial charge < -0.3 is 5.73 Å². The fourth-order valence-electron chi connectivity index (χ4n) is 0.722. The third kappa shape index (κ3) is 1.65. The molecule has 0 radical (unpaired) electrons. The number of anilines is 1. The van der Waals surface area contributed by atoms with Gasteiger partial charge in [-0.1, -0.05) is 0 Å². The van der Waals surface area contributed by atoms with E-state index in [0.29, 0.717) is 5.82 Å². The lowest BCUT2D eigenvalue weighted by atomic mass is 10.4. The molecule has 0 aliphatic rings. The number of pyridine rings is 1.